The normalized spacial score (nSPS) is 27.9. The third-order valence-electron chi connectivity index (χ3n) is 3.04. The molecule has 2 rings (SSSR count). The summed E-state index contributed by atoms with van der Waals surface area (Å²) >= 11 is 4.21. The molecule has 3 atom stereocenters. The quantitative estimate of drug-likeness (QED) is 0.896. The van der Waals surface area contributed by atoms with Gasteiger partial charge >= 0.3 is 0 Å². The van der Waals surface area contributed by atoms with E-state index in [1.165, 1.54) is 17.1 Å². The van der Waals surface area contributed by atoms with Gasteiger partial charge in [0, 0.05) is 28.0 Å². The van der Waals surface area contributed by atoms with Crippen LogP contribution in [0.1, 0.15) is 12.5 Å². The Morgan fingerprint density at radius 3 is 2.94 bits per heavy atom. The van der Waals surface area contributed by atoms with Crippen LogP contribution in [0, 0.1) is 0 Å². The second-order valence-corrected chi connectivity index (χ2v) is 6.91. The summed E-state index contributed by atoms with van der Waals surface area (Å²) in [6.07, 6.45) is 4.68. The van der Waals surface area contributed by atoms with Crippen LogP contribution in [0.3, 0.4) is 0 Å². The van der Waals surface area contributed by atoms with Crippen LogP contribution in [-0.4, -0.2) is 35.1 Å². The van der Waals surface area contributed by atoms with Gasteiger partial charge in [0.05, 0.1) is 12.5 Å². The van der Waals surface area contributed by atoms with Crippen molar-refractivity contribution in [1.29, 1.82) is 0 Å². The van der Waals surface area contributed by atoms with E-state index >= 15 is 0 Å². The number of furan rings is 1. The molecular formula is C12H19NOS2. The lowest BCUT2D eigenvalue weighted by molar-refractivity contribution is 0.521. The zero-order chi connectivity index (χ0) is 11.4. The Kier molecular flexibility index (Phi) is 4.67. The molecule has 0 saturated carbocycles. The number of nitrogens with one attached hydrogen (secondary N) is 1. The van der Waals surface area contributed by atoms with Crippen LogP contribution in [0.2, 0.25) is 0 Å². The first-order valence-electron chi connectivity index (χ1n) is 5.73. The topological polar surface area (TPSA) is 25.2 Å². The van der Waals surface area contributed by atoms with E-state index in [9.17, 15) is 0 Å². The molecule has 1 fully saturated rings. The average Bonchev–Trinajstić information content (AvgIpc) is 2.80. The molecule has 1 saturated heterocycles. The first-order chi connectivity index (χ1) is 7.81. The summed E-state index contributed by atoms with van der Waals surface area (Å²) in [4.78, 5) is 0. The van der Waals surface area contributed by atoms with E-state index in [4.69, 9.17) is 4.42 Å². The maximum atomic E-state index is 5.13. The fraction of sp³-hybridized carbons (Fsp3) is 0.667. The molecule has 0 amide bonds. The summed E-state index contributed by atoms with van der Waals surface area (Å²) in [5.41, 5.74) is 1.29. The highest BCUT2D eigenvalue weighted by atomic mass is 32.2. The molecule has 2 heterocycles. The van der Waals surface area contributed by atoms with Crippen molar-refractivity contribution >= 4 is 23.5 Å². The van der Waals surface area contributed by atoms with Crippen molar-refractivity contribution in [3.63, 3.8) is 0 Å². The third-order valence-corrected chi connectivity index (χ3v) is 6.29. The van der Waals surface area contributed by atoms with Crippen LogP contribution < -0.4 is 5.32 Å². The van der Waals surface area contributed by atoms with E-state index in [0.29, 0.717) is 11.3 Å². The highest BCUT2D eigenvalue weighted by molar-refractivity contribution is 8.07. The van der Waals surface area contributed by atoms with Gasteiger partial charge in [-0.05, 0) is 25.1 Å². The van der Waals surface area contributed by atoms with Gasteiger partial charge in [-0.1, -0.05) is 6.92 Å². The smallest absolute Gasteiger partial charge is 0.0935 e. The van der Waals surface area contributed by atoms with Crippen molar-refractivity contribution in [3.8, 4) is 0 Å². The molecule has 0 spiro atoms. The number of hydrogen-bond acceptors (Lipinski definition) is 4. The van der Waals surface area contributed by atoms with Gasteiger partial charge in [0.2, 0.25) is 0 Å². The first kappa shape index (κ1) is 12.4. The van der Waals surface area contributed by atoms with Gasteiger partial charge in [-0.25, -0.2) is 0 Å². The predicted molar refractivity (Wildman–Crippen MR) is 73.4 cm³/mol. The second kappa shape index (κ2) is 6.03. The second-order valence-electron chi connectivity index (χ2n) is 4.14. The van der Waals surface area contributed by atoms with Gasteiger partial charge in [-0.15, -0.1) is 0 Å². The molecule has 4 heteroatoms. The Morgan fingerprint density at radius 1 is 1.50 bits per heavy atom. The van der Waals surface area contributed by atoms with Crippen molar-refractivity contribution in [1.82, 2.24) is 5.32 Å². The highest BCUT2D eigenvalue weighted by Crippen LogP contribution is 2.33. The molecule has 90 valence electrons. The van der Waals surface area contributed by atoms with Crippen LogP contribution in [0.25, 0.3) is 0 Å². The molecule has 1 aliphatic rings. The average molecular weight is 257 g/mol. The molecule has 2 nitrogen and oxygen atoms in total. The summed E-state index contributed by atoms with van der Waals surface area (Å²) in [6, 6.07) is 2.61. The zero-order valence-electron chi connectivity index (χ0n) is 9.81. The minimum absolute atomic E-state index is 0.547. The number of thioether (sulfide) groups is 2. The molecule has 1 N–H and O–H groups in total. The minimum atomic E-state index is 0.547. The van der Waals surface area contributed by atoms with Crippen LogP contribution in [0.4, 0.5) is 0 Å². The van der Waals surface area contributed by atoms with E-state index in [1.54, 1.807) is 6.26 Å². The number of rotatable bonds is 4. The van der Waals surface area contributed by atoms with E-state index in [1.807, 2.05) is 6.26 Å². The molecule has 1 aromatic rings. The first-order valence-corrected chi connectivity index (χ1v) is 7.82. The van der Waals surface area contributed by atoms with E-state index in [-0.39, 0.29) is 0 Å². The lowest BCUT2D eigenvalue weighted by Crippen LogP contribution is -2.44. The monoisotopic (exact) mass is 257 g/mol. The molecule has 1 aliphatic heterocycles. The summed E-state index contributed by atoms with van der Waals surface area (Å²) in [5.74, 6) is 2.58. The summed E-state index contributed by atoms with van der Waals surface area (Å²) in [5, 5.41) is 4.91. The van der Waals surface area contributed by atoms with E-state index < -0.39 is 0 Å². The molecule has 3 unspecified atom stereocenters. The fourth-order valence-corrected chi connectivity index (χ4v) is 5.14. The molecule has 0 aliphatic carbocycles. The Morgan fingerprint density at radius 2 is 2.31 bits per heavy atom. The lowest BCUT2D eigenvalue weighted by Gasteiger charge is -2.34. The summed E-state index contributed by atoms with van der Waals surface area (Å²) in [7, 11) is 2.07. The molecule has 0 radical (unpaired) electrons. The van der Waals surface area contributed by atoms with Crippen molar-refractivity contribution < 1.29 is 4.42 Å². The molecule has 1 aromatic heterocycles. The highest BCUT2D eigenvalue weighted by Gasteiger charge is 2.29. The third kappa shape index (κ3) is 2.99. The van der Waals surface area contributed by atoms with E-state index in [0.717, 1.165) is 11.7 Å². The number of hydrogen-bond donors (Lipinski definition) is 1. The standard InChI is InChI=1S/C12H19NOS2/c1-9-12(16-6-5-15-9)11(13-2)7-10-3-4-14-8-10/h3-4,8-9,11-13H,5-7H2,1-2H3. The van der Waals surface area contributed by atoms with Crippen molar-refractivity contribution in [2.75, 3.05) is 18.6 Å². The summed E-state index contributed by atoms with van der Waals surface area (Å²) in [6.45, 7) is 2.35. The Bertz CT molecular complexity index is 302. The van der Waals surface area contributed by atoms with Gasteiger partial charge in [0.15, 0.2) is 0 Å². The van der Waals surface area contributed by atoms with Crippen molar-refractivity contribution in [3.05, 3.63) is 24.2 Å². The van der Waals surface area contributed by atoms with Crippen LogP contribution in [0.15, 0.2) is 23.0 Å². The molecule has 0 bridgehead atoms. The molecule has 16 heavy (non-hydrogen) atoms. The van der Waals surface area contributed by atoms with Gasteiger partial charge < -0.3 is 9.73 Å². The largest absolute Gasteiger partial charge is 0.472 e. The van der Waals surface area contributed by atoms with Gasteiger partial charge in [-0.3, -0.25) is 0 Å². The maximum absolute atomic E-state index is 5.13. The van der Waals surface area contributed by atoms with Crippen LogP contribution in [-0.2, 0) is 6.42 Å². The maximum Gasteiger partial charge on any atom is 0.0935 e. The molecule has 0 aromatic carbocycles. The predicted octanol–water partition coefficient (Wildman–Crippen LogP) is 2.65. The minimum Gasteiger partial charge on any atom is -0.472 e. The Labute approximate surface area is 106 Å². The van der Waals surface area contributed by atoms with Crippen molar-refractivity contribution in [2.45, 2.75) is 29.9 Å². The van der Waals surface area contributed by atoms with Crippen LogP contribution in [0.5, 0.6) is 0 Å². The lowest BCUT2D eigenvalue weighted by atomic mass is 10.0. The number of likely N-dealkylation sites (N-methyl/N-ethyl adjacent to an activating group) is 1. The molecular weight excluding hydrogens is 238 g/mol. The van der Waals surface area contributed by atoms with Gasteiger partial charge in [-0.2, -0.15) is 23.5 Å². The Balaban J connectivity index is 1.98. The SMILES string of the molecule is CNC(Cc1ccoc1)C1SCCSC1C. The van der Waals surface area contributed by atoms with Crippen LogP contribution >= 0.6 is 23.5 Å². The van der Waals surface area contributed by atoms with E-state index in [2.05, 4.69) is 48.9 Å². The zero-order valence-corrected chi connectivity index (χ0v) is 11.4. The van der Waals surface area contributed by atoms with Crippen molar-refractivity contribution in [2.24, 2.45) is 0 Å². The van der Waals surface area contributed by atoms with Gasteiger partial charge in [0.25, 0.3) is 0 Å². The van der Waals surface area contributed by atoms with Gasteiger partial charge in [0.1, 0.15) is 0 Å². The summed E-state index contributed by atoms with van der Waals surface area (Å²) < 4.78 is 5.13. The Hall–Kier alpha value is -0.0600. The fourth-order valence-electron chi connectivity index (χ4n) is 2.14.